The van der Waals surface area contributed by atoms with E-state index in [1.165, 1.54) is 18.2 Å². The summed E-state index contributed by atoms with van der Waals surface area (Å²) in [6.45, 7) is 3.53. The third-order valence-electron chi connectivity index (χ3n) is 4.48. The van der Waals surface area contributed by atoms with Crippen molar-refractivity contribution in [1.82, 2.24) is 5.43 Å². The van der Waals surface area contributed by atoms with E-state index in [0.717, 1.165) is 5.56 Å². The summed E-state index contributed by atoms with van der Waals surface area (Å²) in [6.07, 6.45) is 0. The fourth-order valence-corrected chi connectivity index (χ4v) is 3.01. The molecule has 0 aliphatic heterocycles. The maximum atomic E-state index is 12.5. The van der Waals surface area contributed by atoms with Gasteiger partial charge in [-0.15, -0.1) is 0 Å². The lowest BCUT2D eigenvalue weighted by Crippen LogP contribution is -2.33. The summed E-state index contributed by atoms with van der Waals surface area (Å²) in [4.78, 5) is 36.7. The standard InChI is InChI=1S/C24H19Cl2N3O4/c1-14-7-9-16(10-8-14)24(32)33-21-6-4-3-5-18(21)15(2)28-29-23(31)22(30)27-17-11-12-19(25)20(26)13-17/h3-13H,1-2H3,(H,27,30)(H,29,31)/b28-15+. The van der Waals surface area contributed by atoms with Gasteiger partial charge in [0.25, 0.3) is 0 Å². The molecule has 0 radical (unpaired) electrons. The second-order valence-electron chi connectivity index (χ2n) is 6.97. The molecule has 2 amide bonds. The third-order valence-corrected chi connectivity index (χ3v) is 5.21. The minimum Gasteiger partial charge on any atom is -0.422 e. The molecular weight excluding hydrogens is 465 g/mol. The van der Waals surface area contributed by atoms with Crippen molar-refractivity contribution in [2.24, 2.45) is 5.10 Å². The van der Waals surface area contributed by atoms with E-state index >= 15 is 0 Å². The molecule has 0 unspecified atom stereocenters. The van der Waals surface area contributed by atoms with Crippen LogP contribution in [-0.2, 0) is 9.59 Å². The molecule has 3 rings (SSSR count). The van der Waals surface area contributed by atoms with Crippen LogP contribution in [0.4, 0.5) is 5.69 Å². The van der Waals surface area contributed by atoms with Gasteiger partial charge in [0.1, 0.15) is 5.75 Å². The second-order valence-corrected chi connectivity index (χ2v) is 7.79. The number of benzene rings is 3. The molecule has 0 bridgehead atoms. The highest BCUT2D eigenvalue weighted by Crippen LogP contribution is 2.25. The molecule has 33 heavy (non-hydrogen) atoms. The van der Waals surface area contributed by atoms with Crippen molar-refractivity contribution in [3.05, 3.63) is 93.5 Å². The number of amides is 2. The monoisotopic (exact) mass is 483 g/mol. The van der Waals surface area contributed by atoms with E-state index in [2.05, 4.69) is 15.8 Å². The molecule has 0 atom stereocenters. The molecule has 0 aliphatic carbocycles. The minimum absolute atomic E-state index is 0.237. The van der Waals surface area contributed by atoms with Crippen LogP contribution < -0.4 is 15.5 Å². The van der Waals surface area contributed by atoms with Crippen LogP contribution in [0.3, 0.4) is 0 Å². The van der Waals surface area contributed by atoms with E-state index < -0.39 is 17.8 Å². The maximum absolute atomic E-state index is 12.5. The van der Waals surface area contributed by atoms with Crippen LogP contribution in [0.5, 0.6) is 5.75 Å². The van der Waals surface area contributed by atoms with Crippen molar-refractivity contribution >= 4 is 52.4 Å². The average molecular weight is 484 g/mol. The van der Waals surface area contributed by atoms with Crippen LogP contribution in [0.15, 0.2) is 71.8 Å². The van der Waals surface area contributed by atoms with Crippen molar-refractivity contribution < 1.29 is 19.1 Å². The number of carbonyl (C=O) groups excluding carboxylic acids is 3. The molecule has 0 saturated heterocycles. The number of ether oxygens (including phenoxy) is 1. The predicted molar refractivity (Wildman–Crippen MR) is 128 cm³/mol. The van der Waals surface area contributed by atoms with Gasteiger partial charge in [-0.1, -0.05) is 53.0 Å². The number of halogens is 2. The zero-order valence-corrected chi connectivity index (χ0v) is 19.2. The van der Waals surface area contributed by atoms with Crippen molar-refractivity contribution in [3.8, 4) is 5.75 Å². The van der Waals surface area contributed by atoms with Crippen LogP contribution in [0.1, 0.15) is 28.4 Å². The summed E-state index contributed by atoms with van der Waals surface area (Å²) in [5, 5.41) is 6.92. The zero-order chi connectivity index (χ0) is 24.0. The van der Waals surface area contributed by atoms with E-state index in [4.69, 9.17) is 27.9 Å². The molecule has 2 N–H and O–H groups in total. The number of para-hydroxylation sites is 1. The lowest BCUT2D eigenvalue weighted by atomic mass is 10.1. The number of nitrogens with zero attached hydrogens (tertiary/aromatic N) is 1. The molecule has 7 nitrogen and oxygen atoms in total. The highest BCUT2D eigenvalue weighted by atomic mass is 35.5. The van der Waals surface area contributed by atoms with E-state index in [0.29, 0.717) is 27.5 Å². The number of hydrogen-bond donors (Lipinski definition) is 2. The summed E-state index contributed by atoms with van der Waals surface area (Å²) in [5.41, 5.74) is 4.72. The topological polar surface area (TPSA) is 96.9 Å². The number of aryl methyl sites for hydroxylation is 1. The van der Waals surface area contributed by atoms with Gasteiger partial charge in [0.05, 0.1) is 21.3 Å². The normalized spacial score (nSPS) is 11.0. The number of rotatable bonds is 5. The quantitative estimate of drug-likeness (QED) is 0.175. The summed E-state index contributed by atoms with van der Waals surface area (Å²) >= 11 is 11.7. The number of nitrogens with one attached hydrogen (secondary N) is 2. The van der Waals surface area contributed by atoms with E-state index in [1.54, 1.807) is 43.3 Å². The number of carbonyl (C=O) groups is 3. The lowest BCUT2D eigenvalue weighted by molar-refractivity contribution is -0.136. The van der Waals surface area contributed by atoms with E-state index in [9.17, 15) is 14.4 Å². The highest BCUT2D eigenvalue weighted by molar-refractivity contribution is 6.43. The predicted octanol–water partition coefficient (Wildman–Crippen LogP) is 5.00. The Bertz CT molecular complexity index is 1240. The molecule has 0 spiro atoms. The van der Waals surface area contributed by atoms with Gasteiger partial charge in [-0.05, 0) is 56.3 Å². The van der Waals surface area contributed by atoms with Gasteiger partial charge in [0, 0.05) is 11.3 Å². The van der Waals surface area contributed by atoms with Gasteiger partial charge in [-0.2, -0.15) is 5.10 Å². The first-order chi connectivity index (χ1) is 15.7. The van der Waals surface area contributed by atoms with E-state index in [1.807, 2.05) is 19.1 Å². The summed E-state index contributed by atoms with van der Waals surface area (Å²) < 4.78 is 5.51. The van der Waals surface area contributed by atoms with Crippen molar-refractivity contribution in [1.29, 1.82) is 0 Å². The Morgan fingerprint density at radius 1 is 0.879 bits per heavy atom. The smallest absolute Gasteiger partial charge is 0.343 e. The molecule has 0 saturated carbocycles. The molecular formula is C24H19Cl2N3O4. The Labute approximate surface area is 200 Å². The highest BCUT2D eigenvalue weighted by Gasteiger charge is 2.16. The number of hydrogen-bond acceptors (Lipinski definition) is 5. The van der Waals surface area contributed by atoms with Gasteiger partial charge < -0.3 is 10.1 Å². The Hall–Kier alpha value is -3.68. The number of anilines is 1. The summed E-state index contributed by atoms with van der Waals surface area (Å²) in [7, 11) is 0. The summed E-state index contributed by atoms with van der Waals surface area (Å²) in [6, 6.07) is 18.1. The molecule has 3 aromatic rings. The van der Waals surface area contributed by atoms with Crippen LogP contribution in [0.2, 0.25) is 10.0 Å². The van der Waals surface area contributed by atoms with Crippen LogP contribution in [0.25, 0.3) is 0 Å². The van der Waals surface area contributed by atoms with Crippen molar-refractivity contribution in [2.45, 2.75) is 13.8 Å². The minimum atomic E-state index is -0.991. The average Bonchev–Trinajstić information content (AvgIpc) is 2.80. The largest absolute Gasteiger partial charge is 0.422 e. The molecule has 168 valence electrons. The van der Waals surface area contributed by atoms with Crippen molar-refractivity contribution in [3.63, 3.8) is 0 Å². The fourth-order valence-electron chi connectivity index (χ4n) is 2.71. The molecule has 0 aromatic heterocycles. The van der Waals surface area contributed by atoms with Gasteiger partial charge in [-0.3, -0.25) is 9.59 Å². The van der Waals surface area contributed by atoms with Crippen LogP contribution in [-0.4, -0.2) is 23.5 Å². The first-order valence-electron chi connectivity index (χ1n) is 9.73. The Kier molecular flexibility index (Phi) is 7.82. The zero-order valence-electron chi connectivity index (χ0n) is 17.7. The first kappa shape index (κ1) is 24.0. The molecule has 0 fully saturated rings. The Morgan fingerprint density at radius 2 is 1.58 bits per heavy atom. The second kappa shape index (κ2) is 10.8. The SMILES string of the molecule is C/C(=N\NC(=O)C(=O)Nc1ccc(Cl)c(Cl)c1)c1ccccc1OC(=O)c1ccc(C)cc1. The lowest BCUT2D eigenvalue weighted by Gasteiger charge is -2.10. The maximum Gasteiger partial charge on any atom is 0.343 e. The van der Waals surface area contributed by atoms with Gasteiger partial charge >= 0.3 is 17.8 Å². The number of hydrazone groups is 1. The van der Waals surface area contributed by atoms with Gasteiger partial charge in [0.2, 0.25) is 0 Å². The van der Waals surface area contributed by atoms with Gasteiger partial charge in [-0.25, -0.2) is 10.2 Å². The first-order valence-corrected chi connectivity index (χ1v) is 10.5. The molecule has 9 heteroatoms. The van der Waals surface area contributed by atoms with Crippen LogP contribution in [0, 0.1) is 6.92 Å². The van der Waals surface area contributed by atoms with Gasteiger partial charge in [0.15, 0.2) is 0 Å². The van der Waals surface area contributed by atoms with Crippen LogP contribution >= 0.6 is 23.2 Å². The van der Waals surface area contributed by atoms with Crippen molar-refractivity contribution in [2.75, 3.05) is 5.32 Å². The molecule has 3 aromatic carbocycles. The third kappa shape index (κ3) is 6.41. The molecule has 0 aliphatic rings. The summed E-state index contributed by atoms with van der Waals surface area (Å²) in [5.74, 6) is -2.20. The van der Waals surface area contributed by atoms with E-state index in [-0.39, 0.29) is 10.8 Å². The molecule has 0 heterocycles. The fraction of sp³-hybridized carbons (Fsp3) is 0.0833. The Balaban J connectivity index is 1.68. The number of esters is 1. The Morgan fingerprint density at radius 3 is 2.27 bits per heavy atom.